The van der Waals surface area contributed by atoms with Crippen LogP contribution in [0.15, 0.2) is 30.0 Å². The minimum absolute atomic E-state index is 0.422. The summed E-state index contributed by atoms with van der Waals surface area (Å²) in [4.78, 5) is 0. The standard InChI is InChI=1S/C12H2Br4Cl2O2/c13-3-1-5(17)9-11(7(3)15)20-12-8(16)4(14)2-6(18)10(12)19-9/h1-2H. The van der Waals surface area contributed by atoms with E-state index >= 15 is 0 Å². The van der Waals surface area contributed by atoms with E-state index in [-0.39, 0.29) is 0 Å². The first kappa shape index (κ1) is 15.4. The summed E-state index contributed by atoms with van der Waals surface area (Å²) >= 11 is 26.1. The molecule has 0 atom stereocenters. The van der Waals surface area contributed by atoms with Crippen LogP contribution in [0, 0.1) is 0 Å². The Hall–Kier alpha value is 0.540. The molecule has 0 fully saturated rings. The predicted octanol–water partition coefficient (Wildman–Crippen LogP) is 7.94. The normalized spacial score (nSPS) is 12.3. The molecule has 2 nitrogen and oxygen atoms in total. The minimum Gasteiger partial charge on any atom is -0.447 e. The second-order valence-electron chi connectivity index (χ2n) is 3.83. The van der Waals surface area contributed by atoms with Crippen molar-refractivity contribution >= 4 is 86.9 Å². The molecular formula is C12H2Br4Cl2O2. The molecule has 8 heteroatoms. The fourth-order valence-electron chi connectivity index (χ4n) is 1.69. The Morgan fingerprint density at radius 2 is 1.00 bits per heavy atom. The van der Waals surface area contributed by atoms with Gasteiger partial charge in [0.15, 0.2) is 23.0 Å². The maximum atomic E-state index is 6.19. The van der Waals surface area contributed by atoms with Gasteiger partial charge in [0.05, 0.1) is 19.0 Å². The topological polar surface area (TPSA) is 18.5 Å². The molecule has 0 aromatic heterocycles. The van der Waals surface area contributed by atoms with Crippen molar-refractivity contribution in [3.05, 3.63) is 40.1 Å². The number of hydrogen-bond donors (Lipinski definition) is 0. The van der Waals surface area contributed by atoms with Crippen molar-refractivity contribution in [1.29, 1.82) is 0 Å². The summed E-state index contributed by atoms with van der Waals surface area (Å²) < 4.78 is 14.7. The lowest BCUT2D eigenvalue weighted by atomic mass is 10.2. The Morgan fingerprint density at radius 1 is 0.650 bits per heavy atom. The Balaban J connectivity index is 2.27. The van der Waals surface area contributed by atoms with Crippen LogP contribution in [0.25, 0.3) is 0 Å². The van der Waals surface area contributed by atoms with Crippen LogP contribution in [-0.4, -0.2) is 0 Å². The summed E-state index contributed by atoms with van der Waals surface area (Å²) in [6, 6.07) is 3.45. The summed E-state index contributed by atoms with van der Waals surface area (Å²) in [6.45, 7) is 0. The molecule has 20 heavy (non-hydrogen) atoms. The van der Waals surface area contributed by atoms with E-state index in [0.717, 1.165) is 8.95 Å². The molecule has 0 spiro atoms. The van der Waals surface area contributed by atoms with Gasteiger partial charge in [-0.05, 0) is 75.9 Å². The van der Waals surface area contributed by atoms with Crippen molar-refractivity contribution in [2.75, 3.05) is 0 Å². The zero-order valence-electron chi connectivity index (χ0n) is 9.24. The van der Waals surface area contributed by atoms with E-state index in [2.05, 4.69) is 63.7 Å². The van der Waals surface area contributed by atoms with Crippen LogP contribution in [0.1, 0.15) is 0 Å². The van der Waals surface area contributed by atoms with E-state index in [9.17, 15) is 0 Å². The van der Waals surface area contributed by atoms with Gasteiger partial charge < -0.3 is 9.47 Å². The number of hydrogen-bond acceptors (Lipinski definition) is 2. The van der Waals surface area contributed by atoms with E-state index in [1.54, 1.807) is 12.1 Å². The van der Waals surface area contributed by atoms with E-state index in [1.807, 2.05) is 0 Å². The van der Waals surface area contributed by atoms with Crippen molar-refractivity contribution in [3.8, 4) is 23.0 Å². The Bertz CT molecular complexity index is 688. The highest BCUT2D eigenvalue weighted by Gasteiger charge is 2.29. The second kappa shape index (κ2) is 5.63. The smallest absolute Gasteiger partial charge is 0.190 e. The lowest BCUT2D eigenvalue weighted by Crippen LogP contribution is -2.02. The van der Waals surface area contributed by atoms with Crippen LogP contribution in [-0.2, 0) is 0 Å². The number of fused-ring (bicyclic) bond motifs is 2. The Labute approximate surface area is 158 Å². The SMILES string of the molecule is Clc1cc(Br)c(Br)c2c1Oc1c(Cl)cc(Br)c(Br)c1O2. The Kier molecular flexibility index (Phi) is 4.35. The van der Waals surface area contributed by atoms with Gasteiger partial charge in [-0.1, -0.05) is 23.2 Å². The van der Waals surface area contributed by atoms with Crippen LogP contribution in [0.3, 0.4) is 0 Å². The van der Waals surface area contributed by atoms with Crippen LogP contribution < -0.4 is 9.47 Å². The maximum absolute atomic E-state index is 6.19. The molecule has 104 valence electrons. The summed E-state index contributed by atoms with van der Waals surface area (Å²) in [5.41, 5.74) is 0. The third-order valence-corrected chi connectivity index (χ3v) is 7.03. The predicted molar refractivity (Wildman–Crippen MR) is 93.9 cm³/mol. The average Bonchev–Trinajstić information content (AvgIpc) is 2.41. The zero-order valence-corrected chi connectivity index (χ0v) is 17.1. The molecule has 0 saturated carbocycles. The molecule has 1 heterocycles. The lowest BCUT2D eigenvalue weighted by Gasteiger charge is -2.25. The van der Waals surface area contributed by atoms with Gasteiger partial charge in [-0.3, -0.25) is 0 Å². The molecule has 0 radical (unpaired) electrons. The minimum atomic E-state index is 0.422. The quantitative estimate of drug-likeness (QED) is 0.256. The molecule has 0 saturated heterocycles. The fourth-order valence-corrected chi connectivity index (χ4v) is 3.99. The van der Waals surface area contributed by atoms with Crippen LogP contribution in [0.2, 0.25) is 10.0 Å². The van der Waals surface area contributed by atoms with Crippen LogP contribution in [0.5, 0.6) is 23.0 Å². The monoisotopic (exact) mass is 564 g/mol. The highest BCUT2D eigenvalue weighted by atomic mass is 79.9. The van der Waals surface area contributed by atoms with Crippen molar-refractivity contribution in [1.82, 2.24) is 0 Å². The third-order valence-electron chi connectivity index (χ3n) is 2.58. The van der Waals surface area contributed by atoms with E-state index in [0.29, 0.717) is 42.0 Å². The Morgan fingerprint density at radius 3 is 1.40 bits per heavy atom. The van der Waals surface area contributed by atoms with E-state index < -0.39 is 0 Å². The fraction of sp³-hybridized carbons (Fsp3) is 0. The molecule has 0 bridgehead atoms. The first-order chi connectivity index (χ1) is 9.40. The summed E-state index contributed by atoms with van der Waals surface area (Å²) in [7, 11) is 0. The van der Waals surface area contributed by atoms with Crippen molar-refractivity contribution in [2.24, 2.45) is 0 Å². The van der Waals surface area contributed by atoms with Crippen LogP contribution >= 0.6 is 86.9 Å². The number of ether oxygens (including phenoxy) is 2. The van der Waals surface area contributed by atoms with Gasteiger partial charge in [-0.15, -0.1) is 0 Å². The maximum Gasteiger partial charge on any atom is 0.190 e. The average molecular weight is 569 g/mol. The highest BCUT2D eigenvalue weighted by Crippen LogP contribution is 2.58. The van der Waals surface area contributed by atoms with Crippen molar-refractivity contribution in [3.63, 3.8) is 0 Å². The molecule has 0 amide bonds. The zero-order chi connectivity index (χ0) is 14.6. The van der Waals surface area contributed by atoms with Gasteiger partial charge in [0.1, 0.15) is 0 Å². The molecule has 3 rings (SSSR count). The second-order valence-corrected chi connectivity index (χ2v) is 7.94. The molecule has 2 aromatic carbocycles. The largest absolute Gasteiger partial charge is 0.447 e. The molecule has 0 N–H and O–H groups in total. The lowest BCUT2D eigenvalue weighted by molar-refractivity contribution is 0.355. The summed E-state index contributed by atoms with van der Waals surface area (Å²) in [6.07, 6.45) is 0. The molecule has 0 unspecified atom stereocenters. The summed E-state index contributed by atoms with van der Waals surface area (Å²) in [5, 5.41) is 0.853. The van der Waals surface area contributed by atoms with E-state index in [4.69, 9.17) is 32.7 Å². The summed E-state index contributed by atoms with van der Waals surface area (Å²) in [5.74, 6) is 1.83. The van der Waals surface area contributed by atoms with Gasteiger partial charge in [-0.2, -0.15) is 0 Å². The van der Waals surface area contributed by atoms with Gasteiger partial charge in [-0.25, -0.2) is 0 Å². The number of rotatable bonds is 0. The molecule has 1 aliphatic heterocycles. The van der Waals surface area contributed by atoms with Gasteiger partial charge in [0.2, 0.25) is 0 Å². The van der Waals surface area contributed by atoms with Crippen LogP contribution in [0.4, 0.5) is 0 Å². The first-order valence-electron chi connectivity index (χ1n) is 5.11. The van der Waals surface area contributed by atoms with Gasteiger partial charge in [0.25, 0.3) is 0 Å². The molecule has 0 aliphatic carbocycles. The molecule has 1 aliphatic rings. The highest BCUT2D eigenvalue weighted by molar-refractivity contribution is 9.13. The number of benzene rings is 2. The first-order valence-corrected chi connectivity index (χ1v) is 9.03. The molecule has 2 aromatic rings. The van der Waals surface area contributed by atoms with E-state index in [1.165, 1.54) is 0 Å². The van der Waals surface area contributed by atoms with Crippen molar-refractivity contribution < 1.29 is 9.47 Å². The number of halogens is 6. The van der Waals surface area contributed by atoms with Gasteiger partial charge in [0, 0.05) is 8.95 Å². The van der Waals surface area contributed by atoms with Crippen molar-refractivity contribution in [2.45, 2.75) is 0 Å². The molecular weight excluding hydrogens is 567 g/mol. The third kappa shape index (κ3) is 2.42. The van der Waals surface area contributed by atoms with Gasteiger partial charge >= 0.3 is 0 Å².